The molecule has 2 rings (SSSR count). The second kappa shape index (κ2) is 6.92. The molecule has 0 aliphatic heterocycles. The first-order chi connectivity index (χ1) is 9.15. The molecule has 1 N–H and O–H groups in total. The Morgan fingerprint density at radius 3 is 2.53 bits per heavy atom. The summed E-state index contributed by atoms with van der Waals surface area (Å²) < 4.78 is 5.77. The first-order valence-electron chi connectivity index (χ1n) is 7.30. The van der Waals surface area contributed by atoms with Gasteiger partial charge in [0.1, 0.15) is 12.4 Å². The van der Waals surface area contributed by atoms with E-state index in [0.717, 1.165) is 31.5 Å². The van der Waals surface area contributed by atoms with Crippen LogP contribution in [0.2, 0.25) is 0 Å². The number of nitrogens with one attached hydrogen (secondary N) is 1. The molecule has 1 aromatic carbocycles. The Labute approximate surface area is 116 Å². The molecule has 0 atom stereocenters. The summed E-state index contributed by atoms with van der Waals surface area (Å²) in [6.07, 6.45) is 2.71. The van der Waals surface area contributed by atoms with Crippen LogP contribution >= 0.6 is 0 Å². The molecule has 0 spiro atoms. The van der Waals surface area contributed by atoms with Crippen molar-refractivity contribution in [3.05, 3.63) is 29.8 Å². The molecular weight excluding hydrogens is 236 g/mol. The molecule has 0 heterocycles. The van der Waals surface area contributed by atoms with Crippen molar-refractivity contribution in [3.8, 4) is 5.75 Å². The Morgan fingerprint density at radius 2 is 1.95 bits per heavy atom. The summed E-state index contributed by atoms with van der Waals surface area (Å²) in [6.45, 7) is 7.03. The molecule has 106 valence electrons. The fraction of sp³-hybridized carbons (Fsp3) is 0.625. The fourth-order valence-electron chi connectivity index (χ4n) is 2.03. The zero-order chi connectivity index (χ0) is 13.7. The summed E-state index contributed by atoms with van der Waals surface area (Å²) in [4.78, 5) is 2.39. The number of rotatable bonds is 8. The standard InChI is InChI=1S/C16H26N2O/c1-13(2)17-12-14-4-8-16(9-5-14)19-11-10-18(3)15-6-7-15/h4-5,8-9,13,15,17H,6-7,10-12H2,1-3H3. The monoisotopic (exact) mass is 262 g/mol. The van der Waals surface area contributed by atoms with Crippen LogP contribution in [0.15, 0.2) is 24.3 Å². The van der Waals surface area contributed by atoms with Crippen molar-refractivity contribution in [3.63, 3.8) is 0 Å². The lowest BCUT2D eigenvalue weighted by Gasteiger charge is -2.16. The number of benzene rings is 1. The summed E-state index contributed by atoms with van der Waals surface area (Å²) in [7, 11) is 2.18. The van der Waals surface area contributed by atoms with Crippen molar-refractivity contribution in [2.45, 2.75) is 45.3 Å². The molecule has 1 aliphatic carbocycles. The summed E-state index contributed by atoms with van der Waals surface area (Å²) in [5.74, 6) is 0.970. The number of hydrogen-bond donors (Lipinski definition) is 1. The third kappa shape index (κ3) is 5.21. The predicted octanol–water partition coefficient (Wildman–Crippen LogP) is 2.66. The molecule has 1 saturated carbocycles. The maximum Gasteiger partial charge on any atom is 0.119 e. The van der Waals surface area contributed by atoms with Crippen LogP contribution in [0.4, 0.5) is 0 Å². The number of nitrogens with zero attached hydrogens (tertiary/aromatic N) is 1. The molecular formula is C16H26N2O. The van der Waals surface area contributed by atoms with Crippen LogP contribution in [0, 0.1) is 0 Å². The van der Waals surface area contributed by atoms with E-state index in [0.29, 0.717) is 6.04 Å². The molecule has 1 fully saturated rings. The minimum atomic E-state index is 0.522. The molecule has 1 aliphatic rings. The van der Waals surface area contributed by atoms with E-state index in [2.05, 4.69) is 55.4 Å². The Morgan fingerprint density at radius 1 is 1.26 bits per heavy atom. The highest BCUT2D eigenvalue weighted by Crippen LogP contribution is 2.24. The van der Waals surface area contributed by atoms with E-state index < -0.39 is 0 Å². The van der Waals surface area contributed by atoms with Crippen LogP contribution in [0.3, 0.4) is 0 Å². The Hall–Kier alpha value is -1.06. The van der Waals surface area contributed by atoms with Crippen molar-refractivity contribution in [2.75, 3.05) is 20.2 Å². The van der Waals surface area contributed by atoms with Crippen LogP contribution in [0.5, 0.6) is 5.75 Å². The van der Waals surface area contributed by atoms with Gasteiger partial charge in [0.2, 0.25) is 0 Å². The maximum atomic E-state index is 5.77. The van der Waals surface area contributed by atoms with Crippen molar-refractivity contribution in [1.82, 2.24) is 10.2 Å². The molecule has 1 aromatic rings. The SMILES string of the molecule is CC(C)NCc1ccc(OCCN(C)C2CC2)cc1. The number of hydrogen-bond acceptors (Lipinski definition) is 3. The molecule has 0 amide bonds. The van der Waals surface area contributed by atoms with Crippen molar-refractivity contribution < 1.29 is 4.74 Å². The summed E-state index contributed by atoms with van der Waals surface area (Å²) in [5, 5.41) is 3.41. The fourth-order valence-corrected chi connectivity index (χ4v) is 2.03. The van der Waals surface area contributed by atoms with E-state index in [1.165, 1.54) is 18.4 Å². The predicted molar refractivity (Wildman–Crippen MR) is 79.6 cm³/mol. The van der Waals surface area contributed by atoms with Crippen LogP contribution in [0.25, 0.3) is 0 Å². The highest BCUT2D eigenvalue weighted by molar-refractivity contribution is 5.27. The number of ether oxygens (including phenoxy) is 1. The van der Waals surface area contributed by atoms with Gasteiger partial charge in [0.15, 0.2) is 0 Å². The van der Waals surface area contributed by atoms with Crippen molar-refractivity contribution >= 4 is 0 Å². The molecule has 0 bridgehead atoms. The van der Waals surface area contributed by atoms with Crippen LogP contribution in [-0.4, -0.2) is 37.2 Å². The van der Waals surface area contributed by atoms with Gasteiger partial charge < -0.3 is 15.0 Å². The first kappa shape index (κ1) is 14.4. The van der Waals surface area contributed by atoms with Crippen molar-refractivity contribution in [1.29, 1.82) is 0 Å². The smallest absolute Gasteiger partial charge is 0.119 e. The summed E-state index contributed by atoms with van der Waals surface area (Å²) in [5.41, 5.74) is 1.30. The average Bonchev–Trinajstić information content (AvgIpc) is 3.22. The molecule has 0 saturated heterocycles. The van der Waals surface area contributed by atoms with E-state index in [9.17, 15) is 0 Å². The minimum Gasteiger partial charge on any atom is -0.492 e. The first-order valence-corrected chi connectivity index (χ1v) is 7.30. The van der Waals surface area contributed by atoms with Crippen LogP contribution < -0.4 is 10.1 Å². The Bertz CT molecular complexity index is 371. The molecule has 0 aromatic heterocycles. The molecule has 3 nitrogen and oxygen atoms in total. The van der Waals surface area contributed by atoms with E-state index in [1.54, 1.807) is 0 Å². The molecule has 0 radical (unpaired) electrons. The van der Waals surface area contributed by atoms with Gasteiger partial charge in [0, 0.05) is 25.2 Å². The maximum absolute atomic E-state index is 5.77. The Kier molecular flexibility index (Phi) is 5.23. The zero-order valence-electron chi connectivity index (χ0n) is 12.4. The van der Waals surface area contributed by atoms with E-state index >= 15 is 0 Å². The largest absolute Gasteiger partial charge is 0.492 e. The van der Waals surface area contributed by atoms with Crippen molar-refractivity contribution in [2.24, 2.45) is 0 Å². The van der Waals surface area contributed by atoms with Gasteiger partial charge in [-0.3, -0.25) is 0 Å². The summed E-state index contributed by atoms with van der Waals surface area (Å²) >= 11 is 0. The molecule has 19 heavy (non-hydrogen) atoms. The molecule has 0 unspecified atom stereocenters. The normalized spacial score (nSPS) is 15.2. The third-order valence-corrected chi connectivity index (χ3v) is 3.52. The average molecular weight is 262 g/mol. The van der Waals surface area contributed by atoms with Crippen LogP contribution in [0.1, 0.15) is 32.3 Å². The lowest BCUT2D eigenvalue weighted by Crippen LogP contribution is -2.26. The van der Waals surface area contributed by atoms with Gasteiger partial charge in [-0.05, 0) is 37.6 Å². The van der Waals surface area contributed by atoms with Gasteiger partial charge in [-0.1, -0.05) is 26.0 Å². The second-order valence-corrected chi connectivity index (χ2v) is 5.74. The second-order valence-electron chi connectivity index (χ2n) is 5.74. The lowest BCUT2D eigenvalue weighted by atomic mass is 10.2. The quantitative estimate of drug-likeness (QED) is 0.779. The minimum absolute atomic E-state index is 0.522. The van der Waals surface area contributed by atoms with Gasteiger partial charge in [-0.2, -0.15) is 0 Å². The number of likely N-dealkylation sites (N-methyl/N-ethyl adjacent to an activating group) is 1. The van der Waals surface area contributed by atoms with Crippen LogP contribution in [-0.2, 0) is 6.54 Å². The van der Waals surface area contributed by atoms with E-state index in [4.69, 9.17) is 4.74 Å². The third-order valence-electron chi connectivity index (χ3n) is 3.52. The van der Waals surface area contributed by atoms with E-state index in [1.807, 2.05) is 0 Å². The van der Waals surface area contributed by atoms with Gasteiger partial charge in [-0.25, -0.2) is 0 Å². The zero-order valence-corrected chi connectivity index (χ0v) is 12.4. The molecule has 3 heteroatoms. The Balaban J connectivity index is 1.68. The van der Waals surface area contributed by atoms with Gasteiger partial charge >= 0.3 is 0 Å². The van der Waals surface area contributed by atoms with Gasteiger partial charge in [0.05, 0.1) is 0 Å². The topological polar surface area (TPSA) is 24.5 Å². The highest BCUT2D eigenvalue weighted by atomic mass is 16.5. The van der Waals surface area contributed by atoms with Gasteiger partial charge in [-0.15, -0.1) is 0 Å². The lowest BCUT2D eigenvalue weighted by molar-refractivity contribution is 0.232. The van der Waals surface area contributed by atoms with E-state index in [-0.39, 0.29) is 0 Å². The highest BCUT2D eigenvalue weighted by Gasteiger charge is 2.25. The van der Waals surface area contributed by atoms with Gasteiger partial charge in [0.25, 0.3) is 0 Å². The summed E-state index contributed by atoms with van der Waals surface area (Å²) in [6, 6.07) is 9.73.